The SMILES string of the molecule is CCCCOc1nc(N)c2[nH]c(=O)n(CCCCN3CCN(CC4CC4)CC3)c2n1. The van der Waals surface area contributed by atoms with Crippen LogP contribution in [0.5, 0.6) is 6.01 Å². The Morgan fingerprint density at radius 1 is 1.07 bits per heavy atom. The van der Waals surface area contributed by atoms with E-state index in [1.165, 1.54) is 32.5 Å². The van der Waals surface area contributed by atoms with Crippen molar-refractivity contribution in [1.82, 2.24) is 29.3 Å². The Hall–Kier alpha value is -2.13. The number of hydrogen-bond acceptors (Lipinski definition) is 7. The summed E-state index contributed by atoms with van der Waals surface area (Å²) in [5, 5.41) is 0. The summed E-state index contributed by atoms with van der Waals surface area (Å²) in [4.78, 5) is 29.0. The highest BCUT2D eigenvalue weighted by atomic mass is 16.5. The zero-order valence-corrected chi connectivity index (χ0v) is 18.1. The number of aromatic nitrogens is 4. The quantitative estimate of drug-likeness (QED) is 0.536. The van der Waals surface area contributed by atoms with Crippen LogP contribution in [0.3, 0.4) is 0 Å². The highest BCUT2D eigenvalue weighted by Crippen LogP contribution is 2.29. The van der Waals surface area contributed by atoms with Gasteiger partial charge in [0.2, 0.25) is 0 Å². The van der Waals surface area contributed by atoms with E-state index in [-0.39, 0.29) is 17.5 Å². The molecule has 30 heavy (non-hydrogen) atoms. The molecule has 9 heteroatoms. The summed E-state index contributed by atoms with van der Waals surface area (Å²) < 4.78 is 7.26. The van der Waals surface area contributed by atoms with Crippen molar-refractivity contribution in [2.24, 2.45) is 5.92 Å². The summed E-state index contributed by atoms with van der Waals surface area (Å²) in [6.07, 6.45) is 6.79. The number of nitrogens with two attached hydrogens (primary N) is 1. The van der Waals surface area contributed by atoms with Gasteiger partial charge in [-0.3, -0.25) is 4.57 Å². The molecule has 1 saturated carbocycles. The number of anilines is 1. The molecule has 2 fully saturated rings. The minimum atomic E-state index is -0.189. The first kappa shape index (κ1) is 21.1. The van der Waals surface area contributed by atoms with E-state index in [0.717, 1.165) is 51.2 Å². The molecule has 4 rings (SSSR count). The minimum Gasteiger partial charge on any atom is -0.463 e. The number of nitrogen functional groups attached to an aromatic ring is 1. The molecule has 0 unspecified atom stereocenters. The highest BCUT2D eigenvalue weighted by molar-refractivity contribution is 5.81. The minimum absolute atomic E-state index is 0.189. The van der Waals surface area contributed by atoms with Crippen molar-refractivity contribution in [2.45, 2.75) is 52.0 Å². The van der Waals surface area contributed by atoms with Crippen molar-refractivity contribution in [3.63, 3.8) is 0 Å². The molecule has 2 aromatic heterocycles. The topological polar surface area (TPSA) is 105 Å². The van der Waals surface area contributed by atoms with Gasteiger partial charge in [-0.25, -0.2) is 4.79 Å². The van der Waals surface area contributed by atoms with Crippen LogP contribution in [0.25, 0.3) is 11.2 Å². The number of nitrogens with zero attached hydrogens (tertiary/aromatic N) is 5. The number of rotatable bonds is 11. The molecule has 2 aromatic rings. The highest BCUT2D eigenvalue weighted by Gasteiger charge is 2.26. The third kappa shape index (κ3) is 5.31. The number of piperazine rings is 1. The van der Waals surface area contributed by atoms with E-state index in [1.54, 1.807) is 4.57 Å². The van der Waals surface area contributed by atoms with Crippen LogP contribution >= 0.6 is 0 Å². The fourth-order valence-electron chi connectivity index (χ4n) is 4.08. The lowest BCUT2D eigenvalue weighted by Crippen LogP contribution is -2.47. The molecular formula is C21H35N7O2. The van der Waals surface area contributed by atoms with Crippen molar-refractivity contribution in [2.75, 3.05) is 51.6 Å². The number of imidazole rings is 1. The molecule has 1 saturated heterocycles. The second-order valence-corrected chi connectivity index (χ2v) is 8.67. The Morgan fingerprint density at radius 2 is 1.80 bits per heavy atom. The summed E-state index contributed by atoms with van der Waals surface area (Å²) in [6, 6.07) is 0.241. The molecule has 166 valence electrons. The maximum atomic E-state index is 12.4. The third-order valence-electron chi connectivity index (χ3n) is 6.14. The van der Waals surface area contributed by atoms with Gasteiger partial charge in [-0.2, -0.15) is 9.97 Å². The van der Waals surface area contributed by atoms with Gasteiger partial charge in [-0.15, -0.1) is 0 Å². The second-order valence-electron chi connectivity index (χ2n) is 8.67. The normalized spacial score (nSPS) is 18.3. The molecule has 1 aliphatic heterocycles. The van der Waals surface area contributed by atoms with E-state index in [4.69, 9.17) is 10.5 Å². The Bertz CT molecular complexity index is 881. The van der Waals surface area contributed by atoms with Crippen molar-refractivity contribution in [1.29, 1.82) is 0 Å². The molecule has 3 heterocycles. The Morgan fingerprint density at radius 3 is 2.53 bits per heavy atom. The number of aromatic amines is 1. The largest absolute Gasteiger partial charge is 0.463 e. The molecule has 1 aliphatic carbocycles. The molecule has 0 amide bonds. The number of unbranched alkanes of at least 4 members (excludes halogenated alkanes) is 2. The summed E-state index contributed by atoms with van der Waals surface area (Å²) >= 11 is 0. The van der Waals surface area contributed by atoms with Gasteiger partial charge in [-0.05, 0) is 44.6 Å². The Kier molecular flexibility index (Phi) is 6.89. The molecule has 0 spiro atoms. The third-order valence-corrected chi connectivity index (χ3v) is 6.14. The lowest BCUT2D eigenvalue weighted by atomic mass is 10.2. The summed E-state index contributed by atoms with van der Waals surface area (Å²) in [5.41, 5.74) is 6.86. The van der Waals surface area contributed by atoms with Gasteiger partial charge in [0.1, 0.15) is 5.52 Å². The fraction of sp³-hybridized carbons (Fsp3) is 0.762. The average molecular weight is 418 g/mol. The zero-order valence-electron chi connectivity index (χ0n) is 18.1. The van der Waals surface area contributed by atoms with E-state index in [2.05, 4.69) is 31.7 Å². The predicted molar refractivity (Wildman–Crippen MR) is 118 cm³/mol. The first-order valence-corrected chi connectivity index (χ1v) is 11.5. The molecule has 0 bridgehead atoms. The summed E-state index contributed by atoms with van der Waals surface area (Å²) in [6.45, 7) is 10.3. The summed E-state index contributed by atoms with van der Waals surface area (Å²) in [5.74, 6) is 1.23. The molecule has 0 radical (unpaired) electrons. The summed E-state index contributed by atoms with van der Waals surface area (Å²) in [7, 11) is 0. The zero-order chi connectivity index (χ0) is 20.9. The van der Waals surface area contributed by atoms with E-state index < -0.39 is 0 Å². The second kappa shape index (κ2) is 9.78. The number of ether oxygens (including phenoxy) is 1. The molecule has 0 aromatic carbocycles. The maximum Gasteiger partial charge on any atom is 0.327 e. The predicted octanol–water partition coefficient (Wildman–Crippen LogP) is 1.69. The average Bonchev–Trinajstić information content (AvgIpc) is 3.49. The van der Waals surface area contributed by atoms with Crippen LogP contribution < -0.4 is 16.2 Å². The van der Waals surface area contributed by atoms with Gasteiger partial charge in [0.05, 0.1) is 6.61 Å². The van der Waals surface area contributed by atoms with Crippen LogP contribution in [0.1, 0.15) is 45.4 Å². The number of hydrogen-bond donors (Lipinski definition) is 2. The van der Waals surface area contributed by atoms with Gasteiger partial charge in [-0.1, -0.05) is 13.3 Å². The lowest BCUT2D eigenvalue weighted by Gasteiger charge is -2.34. The van der Waals surface area contributed by atoms with Crippen LogP contribution in [0.2, 0.25) is 0 Å². The molecular weight excluding hydrogens is 382 g/mol. The van der Waals surface area contributed by atoms with Crippen molar-refractivity contribution >= 4 is 17.0 Å². The van der Waals surface area contributed by atoms with Gasteiger partial charge in [0.15, 0.2) is 11.5 Å². The van der Waals surface area contributed by atoms with E-state index in [9.17, 15) is 4.79 Å². The van der Waals surface area contributed by atoms with Gasteiger partial charge in [0, 0.05) is 39.3 Å². The molecule has 2 aliphatic rings. The van der Waals surface area contributed by atoms with Crippen LogP contribution in [0.4, 0.5) is 5.82 Å². The van der Waals surface area contributed by atoms with Crippen LogP contribution in [0, 0.1) is 5.92 Å². The lowest BCUT2D eigenvalue weighted by molar-refractivity contribution is 0.126. The monoisotopic (exact) mass is 417 g/mol. The smallest absolute Gasteiger partial charge is 0.327 e. The van der Waals surface area contributed by atoms with Crippen LogP contribution in [0.15, 0.2) is 4.79 Å². The molecule has 3 N–H and O–H groups in total. The first-order valence-electron chi connectivity index (χ1n) is 11.5. The Labute approximate surface area is 177 Å². The number of aryl methyl sites for hydroxylation is 1. The number of nitrogens with one attached hydrogen (secondary N) is 1. The van der Waals surface area contributed by atoms with Gasteiger partial charge in [0.25, 0.3) is 0 Å². The van der Waals surface area contributed by atoms with Crippen molar-refractivity contribution in [3.8, 4) is 6.01 Å². The molecule has 0 atom stereocenters. The van der Waals surface area contributed by atoms with Gasteiger partial charge < -0.3 is 25.3 Å². The van der Waals surface area contributed by atoms with E-state index >= 15 is 0 Å². The number of H-pyrrole nitrogens is 1. The first-order chi connectivity index (χ1) is 14.6. The van der Waals surface area contributed by atoms with E-state index in [1.807, 2.05) is 0 Å². The van der Waals surface area contributed by atoms with Crippen LogP contribution in [-0.4, -0.2) is 75.2 Å². The fourth-order valence-corrected chi connectivity index (χ4v) is 4.08. The standard InChI is InChI=1S/C21H35N7O2/c1-2-3-14-30-20-24-18(22)17-19(25-20)28(21(29)23-17)9-5-4-8-26-10-12-27(13-11-26)15-16-6-7-16/h16H,2-15H2,1H3,(H,23,29)(H2,22,24,25). The van der Waals surface area contributed by atoms with E-state index in [0.29, 0.717) is 24.3 Å². The van der Waals surface area contributed by atoms with Crippen molar-refractivity contribution < 1.29 is 4.74 Å². The molecule has 9 nitrogen and oxygen atoms in total. The van der Waals surface area contributed by atoms with Crippen molar-refractivity contribution in [3.05, 3.63) is 10.5 Å². The van der Waals surface area contributed by atoms with Gasteiger partial charge >= 0.3 is 11.7 Å². The Balaban J connectivity index is 1.28. The van der Waals surface area contributed by atoms with Crippen LogP contribution in [-0.2, 0) is 6.54 Å². The number of fused-ring (bicyclic) bond motifs is 1. The maximum absolute atomic E-state index is 12.4.